The summed E-state index contributed by atoms with van der Waals surface area (Å²) in [7, 11) is 0. The molecule has 0 saturated heterocycles. The summed E-state index contributed by atoms with van der Waals surface area (Å²) in [5.41, 5.74) is 0.413. The van der Waals surface area contributed by atoms with E-state index in [1.165, 1.54) is 21.5 Å². The molecule has 1 aliphatic heterocycles. The third-order valence-corrected chi connectivity index (χ3v) is 5.84. The van der Waals surface area contributed by atoms with Gasteiger partial charge in [0.05, 0.1) is 16.5 Å². The van der Waals surface area contributed by atoms with E-state index in [2.05, 4.69) is 0 Å². The van der Waals surface area contributed by atoms with Crippen molar-refractivity contribution in [1.29, 1.82) is 0 Å². The van der Waals surface area contributed by atoms with Gasteiger partial charge in [-0.15, -0.1) is 0 Å². The monoisotopic (exact) mass is 390 g/mol. The van der Waals surface area contributed by atoms with Crippen molar-refractivity contribution in [1.82, 2.24) is 9.36 Å². The summed E-state index contributed by atoms with van der Waals surface area (Å²) in [6, 6.07) is 11.7. The summed E-state index contributed by atoms with van der Waals surface area (Å²) in [6.07, 6.45) is 0.798. The largest absolute Gasteiger partial charge is 0.294 e. The van der Waals surface area contributed by atoms with E-state index in [-0.39, 0.29) is 22.3 Å². The Morgan fingerprint density at radius 1 is 0.931 bits per heavy atom. The number of benzene rings is 2. The van der Waals surface area contributed by atoms with Crippen LogP contribution in [0, 0.1) is 11.2 Å². The van der Waals surface area contributed by atoms with Crippen LogP contribution >= 0.6 is 0 Å². The summed E-state index contributed by atoms with van der Waals surface area (Å²) < 4.78 is 16.7. The zero-order valence-corrected chi connectivity index (χ0v) is 16.1. The number of carbonyl (C=O) groups is 1. The van der Waals surface area contributed by atoms with Gasteiger partial charge < -0.3 is 0 Å². The van der Waals surface area contributed by atoms with E-state index in [4.69, 9.17) is 0 Å². The van der Waals surface area contributed by atoms with Gasteiger partial charge >= 0.3 is 0 Å². The molecule has 3 aromatic rings. The first-order valence-corrected chi connectivity index (χ1v) is 9.57. The van der Waals surface area contributed by atoms with Gasteiger partial charge in [0.15, 0.2) is 5.78 Å². The Morgan fingerprint density at radius 2 is 1.62 bits per heavy atom. The van der Waals surface area contributed by atoms with Gasteiger partial charge in [0.25, 0.3) is 11.1 Å². The second kappa shape index (κ2) is 5.86. The molecule has 2 aromatic carbocycles. The van der Waals surface area contributed by atoms with Gasteiger partial charge in [-0.1, -0.05) is 38.1 Å². The molecular formula is C23H19FN2O3. The minimum absolute atomic E-state index is 0.107. The third kappa shape index (κ3) is 2.48. The van der Waals surface area contributed by atoms with Gasteiger partial charge in [0, 0.05) is 12.0 Å². The Morgan fingerprint density at radius 3 is 2.31 bits per heavy atom. The summed E-state index contributed by atoms with van der Waals surface area (Å²) >= 11 is 0. The van der Waals surface area contributed by atoms with Crippen molar-refractivity contribution in [3.8, 4) is 0 Å². The van der Waals surface area contributed by atoms with Crippen LogP contribution in [0.25, 0.3) is 16.5 Å². The highest BCUT2D eigenvalue weighted by atomic mass is 19.1. The number of allylic oxidation sites excluding steroid dienone is 2. The molecule has 1 aliphatic carbocycles. The standard InChI is InChI=1S/C23H19FN2O3/c1-23(2)11-17-19(18(27)12-23)20(13-6-5-7-14(24)10-13)26-22(29)16-9-4-3-8-15(16)21(28)25(17)26/h3-10,20H,11-12H2,1-2H3. The number of hydrogen-bond donors (Lipinski definition) is 0. The van der Waals surface area contributed by atoms with E-state index in [1.54, 1.807) is 36.4 Å². The first-order chi connectivity index (χ1) is 13.8. The first-order valence-electron chi connectivity index (χ1n) is 9.57. The summed E-state index contributed by atoms with van der Waals surface area (Å²) in [5, 5.41) is 0.609. The second-order valence-electron chi connectivity index (χ2n) is 8.57. The number of aromatic nitrogens is 2. The summed E-state index contributed by atoms with van der Waals surface area (Å²) in [6.45, 7) is 3.94. The van der Waals surface area contributed by atoms with Crippen LogP contribution in [0.5, 0.6) is 0 Å². The first kappa shape index (κ1) is 17.8. The molecule has 0 saturated carbocycles. The Balaban J connectivity index is 1.94. The number of carbonyl (C=O) groups excluding carboxylic acids is 1. The zero-order chi connectivity index (χ0) is 20.5. The third-order valence-electron chi connectivity index (χ3n) is 5.84. The van der Waals surface area contributed by atoms with Crippen molar-refractivity contribution in [2.45, 2.75) is 32.7 Å². The molecule has 6 heteroatoms. The molecule has 0 radical (unpaired) electrons. The molecule has 0 spiro atoms. The quantitative estimate of drug-likeness (QED) is 0.639. The predicted molar refractivity (Wildman–Crippen MR) is 108 cm³/mol. The molecule has 29 heavy (non-hydrogen) atoms. The lowest BCUT2D eigenvalue weighted by atomic mass is 9.74. The van der Waals surface area contributed by atoms with Gasteiger partial charge in [-0.3, -0.25) is 14.4 Å². The molecule has 0 bridgehead atoms. The SMILES string of the molecule is CC1(C)CC(=O)C2=C(C1)n1c(=O)c3ccccc3c(=O)n1C2c1cccc(F)c1. The fraction of sp³-hybridized carbons (Fsp3) is 0.261. The van der Waals surface area contributed by atoms with E-state index < -0.39 is 11.9 Å². The van der Waals surface area contributed by atoms with Crippen LogP contribution in [-0.4, -0.2) is 15.1 Å². The lowest BCUT2D eigenvalue weighted by Gasteiger charge is -2.30. The Labute approximate surface area is 165 Å². The van der Waals surface area contributed by atoms with Gasteiger partial charge in [-0.25, -0.2) is 13.8 Å². The van der Waals surface area contributed by atoms with Gasteiger partial charge in [-0.05, 0) is 41.7 Å². The number of ketones is 1. The molecule has 0 N–H and O–H groups in total. The smallest absolute Gasteiger partial charge is 0.277 e. The van der Waals surface area contributed by atoms with E-state index in [1.807, 2.05) is 13.8 Å². The normalized spacial score (nSPS) is 20.1. The molecule has 1 atom stereocenters. The number of Topliss-reactive ketones (excluding diaryl/α,β-unsaturated/α-hetero) is 1. The number of rotatable bonds is 1. The average molecular weight is 390 g/mol. The number of hydrogen-bond acceptors (Lipinski definition) is 3. The maximum atomic E-state index is 14.0. The van der Waals surface area contributed by atoms with Crippen LogP contribution < -0.4 is 11.1 Å². The van der Waals surface area contributed by atoms with Crippen molar-refractivity contribution >= 4 is 22.3 Å². The Bertz CT molecular complexity index is 1360. The molecule has 1 unspecified atom stereocenters. The number of halogens is 1. The van der Waals surface area contributed by atoms with Gasteiger partial charge in [0.2, 0.25) is 0 Å². The van der Waals surface area contributed by atoms with Crippen LogP contribution in [0.1, 0.15) is 38.3 Å². The minimum Gasteiger partial charge on any atom is -0.294 e. The maximum absolute atomic E-state index is 14.0. The molecule has 0 fully saturated rings. The molecule has 146 valence electrons. The lowest BCUT2D eigenvalue weighted by Crippen LogP contribution is -2.37. The zero-order valence-electron chi connectivity index (χ0n) is 16.1. The van der Waals surface area contributed by atoms with E-state index in [0.29, 0.717) is 40.4 Å². The minimum atomic E-state index is -0.811. The van der Waals surface area contributed by atoms with Gasteiger partial charge in [-0.2, -0.15) is 0 Å². The van der Waals surface area contributed by atoms with Crippen molar-refractivity contribution in [2.24, 2.45) is 5.41 Å². The Kier molecular flexibility index (Phi) is 3.60. The molecule has 1 aromatic heterocycles. The highest BCUT2D eigenvalue weighted by Gasteiger charge is 2.44. The molecule has 5 nitrogen and oxygen atoms in total. The van der Waals surface area contributed by atoms with Crippen LogP contribution in [0.2, 0.25) is 0 Å². The predicted octanol–water partition coefficient (Wildman–Crippen LogP) is 3.51. The van der Waals surface area contributed by atoms with Crippen molar-refractivity contribution in [3.63, 3.8) is 0 Å². The van der Waals surface area contributed by atoms with Gasteiger partial charge in [0.1, 0.15) is 11.9 Å². The fourth-order valence-electron chi connectivity index (χ4n) is 4.68. The van der Waals surface area contributed by atoms with E-state index in [0.717, 1.165) is 0 Å². The highest BCUT2D eigenvalue weighted by Crippen LogP contribution is 2.46. The topological polar surface area (TPSA) is 61.1 Å². The van der Waals surface area contributed by atoms with Crippen LogP contribution in [-0.2, 0) is 4.79 Å². The molecule has 0 amide bonds. The fourth-order valence-corrected chi connectivity index (χ4v) is 4.68. The van der Waals surface area contributed by atoms with Crippen molar-refractivity contribution < 1.29 is 9.18 Å². The summed E-state index contributed by atoms with van der Waals surface area (Å²) in [4.78, 5) is 40.0. The highest BCUT2D eigenvalue weighted by molar-refractivity contribution is 6.04. The molecule has 2 heterocycles. The molecule has 2 aliphatic rings. The average Bonchev–Trinajstić information content (AvgIpc) is 3.00. The molecular weight excluding hydrogens is 371 g/mol. The summed E-state index contributed by atoms with van der Waals surface area (Å²) in [5.74, 6) is -0.563. The van der Waals surface area contributed by atoms with E-state index >= 15 is 0 Å². The van der Waals surface area contributed by atoms with E-state index in [9.17, 15) is 18.8 Å². The molecule has 5 rings (SSSR count). The number of fused-ring (bicyclic) bond motifs is 3. The van der Waals surface area contributed by atoms with Crippen LogP contribution in [0.4, 0.5) is 4.39 Å². The second-order valence-corrected chi connectivity index (χ2v) is 8.57. The van der Waals surface area contributed by atoms with Crippen LogP contribution in [0.3, 0.4) is 0 Å². The van der Waals surface area contributed by atoms with Crippen molar-refractivity contribution in [3.05, 3.63) is 86.2 Å². The lowest BCUT2D eigenvalue weighted by molar-refractivity contribution is -0.118. The van der Waals surface area contributed by atoms with Crippen LogP contribution in [0.15, 0.2) is 63.7 Å². The maximum Gasteiger partial charge on any atom is 0.277 e. The Hall–Kier alpha value is -3.28. The number of nitrogens with zero attached hydrogens (tertiary/aromatic N) is 2. The van der Waals surface area contributed by atoms with Crippen molar-refractivity contribution in [2.75, 3.05) is 0 Å².